The third kappa shape index (κ3) is 5.72. The van der Waals surface area contributed by atoms with Crippen LogP contribution in [-0.4, -0.2) is 65.0 Å². The molecule has 0 bridgehead atoms. The van der Waals surface area contributed by atoms with Crippen molar-refractivity contribution in [1.82, 2.24) is 20.1 Å². The minimum atomic E-state index is -0.221. The summed E-state index contributed by atoms with van der Waals surface area (Å²) < 4.78 is 5.05. The van der Waals surface area contributed by atoms with E-state index in [0.29, 0.717) is 25.6 Å². The molecule has 1 aromatic heterocycles. The number of hydrogen-bond acceptors (Lipinski definition) is 7. The highest BCUT2D eigenvalue weighted by Gasteiger charge is 2.24. The van der Waals surface area contributed by atoms with Crippen LogP contribution in [0.25, 0.3) is 0 Å². The van der Waals surface area contributed by atoms with Crippen LogP contribution < -0.4 is 10.2 Å². The number of nitrogens with one attached hydrogen (secondary N) is 1. The average Bonchev–Trinajstić information content (AvgIpc) is 2.62. The number of piperidine rings is 1. The van der Waals surface area contributed by atoms with Crippen LogP contribution in [0, 0.1) is 0 Å². The summed E-state index contributed by atoms with van der Waals surface area (Å²) in [6, 6.07) is 0.279. The van der Waals surface area contributed by atoms with Crippen molar-refractivity contribution in [3.8, 4) is 0 Å². The second-order valence-electron chi connectivity index (χ2n) is 6.23. The molecule has 140 valence electrons. The number of carbonyl (C=O) groups excluding carboxylic acids is 1. The summed E-state index contributed by atoms with van der Waals surface area (Å²) in [4.78, 5) is 20.3. The van der Waals surface area contributed by atoms with Gasteiger partial charge in [0.15, 0.2) is 5.82 Å². The molecule has 2 rings (SSSR count). The molecule has 0 spiro atoms. The summed E-state index contributed by atoms with van der Waals surface area (Å²) in [7, 11) is 0. The van der Waals surface area contributed by atoms with Crippen LogP contribution in [-0.2, 0) is 4.74 Å². The predicted molar refractivity (Wildman–Crippen MR) is 97.9 cm³/mol. The van der Waals surface area contributed by atoms with Crippen LogP contribution >= 0.6 is 0 Å². The molecule has 0 atom stereocenters. The quantitative estimate of drug-likeness (QED) is 0.771. The lowest BCUT2D eigenvalue weighted by atomic mass is 10.1. The highest BCUT2D eigenvalue weighted by Crippen LogP contribution is 2.17. The Balaban J connectivity index is 1.91. The van der Waals surface area contributed by atoms with Crippen molar-refractivity contribution in [3.05, 3.63) is 6.20 Å². The van der Waals surface area contributed by atoms with E-state index in [0.717, 1.165) is 44.6 Å². The standard InChI is InChI=1S/C17H30N6O2/c1-4-9-22(10-5-2)16-20-15(13-18-21-16)19-14-7-11-23(12-8-14)17(24)25-6-3/h13-14H,4-12H2,1-3H3,(H,19,20,21). The van der Waals surface area contributed by atoms with E-state index in [-0.39, 0.29) is 12.1 Å². The first-order chi connectivity index (χ1) is 12.2. The maximum Gasteiger partial charge on any atom is 0.409 e. The smallest absolute Gasteiger partial charge is 0.409 e. The number of likely N-dealkylation sites (tertiary alicyclic amines) is 1. The molecule has 25 heavy (non-hydrogen) atoms. The van der Waals surface area contributed by atoms with Gasteiger partial charge in [-0.05, 0) is 32.6 Å². The number of ether oxygens (including phenoxy) is 1. The van der Waals surface area contributed by atoms with Crippen molar-refractivity contribution in [1.29, 1.82) is 0 Å². The Morgan fingerprint density at radius 2 is 1.96 bits per heavy atom. The molecule has 0 aliphatic carbocycles. The van der Waals surface area contributed by atoms with E-state index in [9.17, 15) is 4.79 Å². The minimum Gasteiger partial charge on any atom is -0.450 e. The molecule has 8 heteroatoms. The average molecular weight is 350 g/mol. The molecule has 8 nitrogen and oxygen atoms in total. The molecule has 1 aromatic rings. The van der Waals surface area contributed by atoms with Crippen LogP contribution in [0.3, 0.4) is 0 Å². The van der Waals surface area contributed by atoms with Crippen LogP contribution in [0.15, 0.2) is 6.20 Å². The summed E-state index contributed by atoms with van der Waals surface area (Å²) in [6.45, 7) is 9.78. The summed E-state index contributed by atoms with van der Waals surface area (Å²) >= 11 is 0. The number of rotatable bonds is 8. The molecule has 0 radical (unpaired) electrons. The third-order valence-corrected chi connectivity index (χ3v) is 4.19. The molecule has 1 aliphatic rings. The van der Waals surface area contributed by atoms with Gasteiger partial charge < -0.3 is 19.9 Å². The number of amides is 1. The summed E-state index contributed by atoms with van der Waals surface area (Å²) in [6.07, 6.45) is 5.27. The third-order valence-electron chi connectivity index (χ3n) is 4.19. The molecular formula is C17H30N6O2. The Bertz CT molecular complexity index is 528. The molecule has 0 aromatic carbocycles. The minimum absolute atomic E-state index is 0.221. The summed E-state index contributed by atoms with van der Waals surface area (Å²) in [5.41, 5.74) is 0. The van der Waals surface area contributed by atoms with E-state index >= 15 is 0 Å². The van der Waals surface area contributed by atoms with Crippen molar-refractivity contribution in [3.63, 3.8) is 0 Å². The van der Waals surface area contributed by atoms with Crippen LogP contribution in [0.2, 0.25) is 0 Å². The van der Waals surface area contributed by atoms with Crippen molar-refractivity contribution in [2.75, 3.05) is 43.0 Å². The van der Waals surface area contributed by atoms with Gasteiger partial charge in [0.05, 0.1) is 12.8 Å². The number of anilines is 2. The van der Waals surface area contributed by atoms with Gasteiger partial charge in [-0.15, -0.1) is 5.10 Å². The highest BCUT2D eigenvalue weighted by molar-refractivity contribution is 5.67. The van der Waals surface area contributed by atoms with Crippen molar-refractivity contribution in [2.24, 2.45) is 0 Å². The monoisotopic (exact) mass is 350 g/mol. The molecule has 2 heterocycles. The van der Waals surface area contributed by atoms with Gasteiger partial charge in [-0.3, -0.25) is 0 Å². The van der Waals surface area contributed by atoms with Gasteiger partial charge in [0.25, 0.3) is 0 Å². The van der Waals surface area contributed by atoms with E-state index in [1.807, 2.05) is 6.92 Å². The maximum absolute atomic E-state index is 11.8. The zero-order valence-electron chi connectivity index (χ0n) is 15.6. The van der Waals surface area contributed by atoms with Gasteiger partial charge in [-0.25, -0.2) is 4.79 Å². The van der Waals surface area contributed by atoms with Gasteiger partial charge >= 0.3 is 6.09 Å². The molecular weight excluding hydrogens is 320 g/mol. The fourth-order valence-corrected chi connectivity index (χ4v) is 2.98. The van der Waals surface area contributed by atoms with Gasteiger partial charge in [-0.1, -0.05) is 13.8 Å². The first kappa shape index (κ1) is 19.2. The van der Waals surface area contributed by atoms with Gasteiger partial charge in [0.2, 0.25) is 5.95 Å². The highest BCUT2D eigenvalue weighted by atomic mass is 16.6. The van der Waals surface area contributed by atoms with Crippen LogP contribution in [0.4, 0.5) is 16.6 Å². The first-order valence-corrected chi connectivity index (χ1v) is 9.30. The fraction of sp³-hybridized carbons (Fsp3) is 0.765. The van der Waals surface area contributed by atoms with Crippen molar-refractivity contribution >= 4 is 17.9 Å². The van der Waals surface area contributed by atoms with Crippen LogP contribution in [0.5, 0.6) is 0 Å². The van der Waals surface area contributed by atoms with Crippen LogP contribution in [0.1, 0.15) is 46.5 Å². The Hall–Kier alpha value is -2.12. The molecule has 1 amide bonds. The predicted octanol–water partition coefficient (Wildman–Crippen LogP) is 2.53. The molecule has 1 N–H and O–H groups in total. The number of carbonyl (C=O) groups is 1. The Kier molecular flexibility index (Phi) is 7.69. The molecule has 0 saturated carbocycles. The molecule has 1 aliphatic heterocycles. The summed E-state index contributed by atoms with van der Waals surface area (Å²) in [5, 5.41) is 11.7. The maximum atomic E-state index is 11.8. The Labute approximate surface area is 150 Å². The second kappa shape index (κ2) is 10.0. The number of nitrogens with zero attached hydrogens (tertiary/aromatic N) is 5. The van der Waals surface area contributed by atoms with Gasteiger partial charge in [0, 0.05) is 32.2 Å². The Morgan fingerprint density at radius 1 is 1.28 bits per heavy atom. The number of hydrogen-bond donors (Lipinski definition) is 1. The fourth-order valence-electron chi connectivity index (χ4n) is 2.98. The molecule has 1 fully saturated rings. The lowest BCUT2D eigenvalue weighted by Crippen LogP contribution is -2.42. The number of aromatic nitrogens is 3. The van der Waals surface area contributed by atoms with Gasteiger partial charge in [0.1, 0.15) is 0 Å². The largest absolute Gasteiger partial charge is 0.450 e. The zero-order valence-corrected chi connectivity index (χ0v) is 15.6. The lowest BCUT2D eigenvalue weighted by Gasteiger charge is -2.31. The Morgan fingerprint density at radius 3 is 2.56 bits per heavy atom. The van der Waals surface area contributed by atoms with E-state index in [4.69, 9.17) is 4.74 Å². The van der Waals surface area contributed by atoms with E-state index in [1.165, 1.54) is 0 Å². The van der Waals surface area contributed by atoms with Crippen molar-refractivity contribution < 1.29 is 9.53 Å². The normalized spacial score (nSPS) is 15.1. The first-order valence-electron chi connectivity index (χ1n) is 9.30. The topological polar surface area (TPSA) is 83.5 Å². The summed E-state index contributed by atoms with van der Waals surface area (Å²) in [5.74, 6) is 1.43. The van der Waals surface area contributed by atoms with Crippen molar-refractivity contribution in [2.45, 2.75) is 52.5 Å². The molecule has 0 unspecified atom stereocenters. The lowest BCUT2D eigenvalue weighted by molar-refractivity contribution is 0.0983. The zero-order chi connectivity index (χ0) is 18.1. The molecule has 1 saturated heterocycles. The van der Waals surface area contributed by atoms with Gasteiger partial charge in [-0.2, -0.15) is 10.1 Å². The second-order valence-corrected chi connectivity index (χ2v) is 6.23. The van der Waals surface area contributed by atoms with E-state index in [1.54, 1.807) is 11.1 Å². The van der Waals surface area contributed by atoms with E-state index in [2.05, 4.69) is 39.2 Å². The van der Waals surface area contributed by atoms with E-state index < -0.39 is 0 Å². The SMILES string of the molecule is CCCN(CCC)c1nncc(NC2CCN(C(=O)OCC)CC2)n1.